The topological polar surface area (TPSA) is 117 Å². The molecular formula is C25H22Cl3N3O5S. The number of likely N-dealkylation sites (tertiary alicyclic amines) is 1. The first kappa shape index (κ1) is 26.1. The summed E-state index contributed by atoms with van der Waals surface area (Å²) in [5, 5.41) is 11.5. The number of hydrogen-bond acceptors (Lipinski definition) is 6. The first-order chi connectivity index (χ1) is 17.5. The molecule has 5 rings (SSSR count). The molecule has 37 heavy (non-hydrogen) atoms. The highest BCUT2D eigenvalue weighted by atomic mass is 35.5. The number of benzene rings is 2. The first-order valence-corrected chi connectivity index (χ1v) is 14.3. The van der Waals surface area contributed by atoms with Crippen LogP contribution in [0, 0.1) is 11.3 Å². The van der Waals surface area contributed by atoms with E-state index in [0.29, 0.717) is 30.7 Å². The fourth-order valence-corrected chi connectivity index (χ4v) is 7.31. The number of carbonyl (C=O) groups is 2. The molecule has 2 aromatic carbocycles. The zero-order chi connectivity index (χ0) is 26.6. The van der Waals surface area contributed by atoms with E-state index in [2.05, 4.69) is 5.32 Å². The van der Waals surface area contributed by atoms with Crippen molar-refractivity contribution in [1.29, 1.82) is 5.26 Å². The molecule has 1 saturated heterocycles. The van der Waals surface area contributed by atoms with E-state index >= 15 is 0 Å². The van der Waals surface area contributed by atoms with Gasteiger partial charge in [0, 0.05) is 23.0 Å². The van der Waals surface area contributed by atoms with Crippen LogP contribution in [0.3, 0.4) is 0 Å². The molecule has 1 aliphatic heterocycles. The molecule has 3 fully saturated rings. The minimum Gasteiger partial charge on any atom is -0.425 e. The van der Waals surface area contributed by atoms with Gasteiger partial charge in [0.15, 0.2) is 16.1 Å². The lowest BCUT2D eigenvalue weighted by Gasteiger charge is -2.29. The van der Waals surface area contributed by atoms with Crippen molar-refractivity contribution >= 4 is 56.6 Å². The number of alkyl carbamates (subject to hydrolysis) is 1. The van der Waals surface area contributed by atoms with Gasteiger partial charge in [-0.2, -0.15) is 5.26 Å². The number of nitrogens with zero attached hydrogens (tertiary/aromatic N) is 2. The number of halogens is 3. The van der Waals surface area contributed by atoms with Crippen LogP contribution < -0.4 is 5.32 Å². The van der Waals surface area contributed by atoms with E-state index in [1.807, 2.05) is 6.07 Å². The Morgan fingerprint density at radius 3 is 2.24 bits per heavy atom. The Balaban J connectivity index is 1.44. The van der Waals surface area contributed by atoms with E-state index in [1.165, 1.54) is 23.1 Å². The number of rotatable bonds is 6. The molecule has 2 amide bonds. The standard InChI is InChI=1S/C25H22Cl3N3O5S/c26-16-3-1-15(2-4-16)25(9-10-25)22(32)31-13-18(37(34,35)20-6-5-17(27)11-19(20)28)12-21(31)36-23(33)30-24(14-29)7-8-24/h1-6,11,18,21H,7-10,12-13H2,(H,30,33)/t18-,21+/m1/s1. The third kappa shape index (κ3) is 4.88. The van der Waals surface area contributed by atoms with Crippen LogP contribution in [0.5, 0.6) is 0 Å². The summed E-state index contributed by atoms with van der Waals surface area (Å²) in [6.45, 7) is -0.184. The maximum absolute atomic E-state index is 13.9. The van der Waals surface area contributed by atoms with Gasteiger partial charge < -0.3 is 15.0 Å². The molecule has 0 radical (unpaired) electrons. The maximum atomic E-state index is 13.9. The average Bonchev–Trinajstić information content (AvgIpc) is 3.77. The molecular weight excluding hydrogens is 561 g/mol. The molecule has 1 heterocycles. The highest BCUT2D eigenvalue weighted by Gasteiger charge is 2.57. The molecule has 8 nitrogen and oxygen atoms in total. The molecule has 3 aliphatic rings. The number of nitrogens with one attached hydrogen (secondary N) is 1. The molecule has 2 atom stereocenters. The Labute approximate surface area is 229 Å². The lowest BCUT2D eigenvalue weighted by Crippen LogP contribution is -2.46. The minimum atomic E-state index is -4.01. The van der Waals surface area contributed by atoms with Crippen molar-refractivity contribution < 1.29 is 22.7 Å². The van der Waals surface area contributed by atoms with Gasteiger partial charge in [-0.3, -0.25) is 4.79 Å². The van der Waals surface area contributed by atoms with Crippen molar-refractivity contribution in [3.63, 3.8) is 0 Å². The van der Waals surface area contributed by atoms with E-state index in [0.717, 1.165) is 5.56 Å². The lowest BCUT2D eigenvalue weighted by molar-refractivity contribution is -0.140. The highest BCUT2D eigenvalue weighted by molar-refractivity contribution is 7.92. The molecule has 1 N–H and O–H groups in total. The Morgan fingerprint density at radius 2 is 1.68 bits per heavy atom. The molecule has 12 heteroatoms. The van der Waals surface area contributed by atoms with Crippen LogP contribution in [0.25, 0.3) is 0 Å². The summed E-state index contributed by atoms with van der Waals surface area (Å²) < 4.78 is 32.7. The largest absolute Gasteiger partial charge is 0.425 e. The smallest absolute Gasteiger partial charge is 0.410 e. The van der Waals surface area contributed by atoms with Crippen LogP contribution in [-0.4, -0.2) is 48.9 Å². The van der Waals surface area contributed by atoms with E-state index in [9.17, 15) is 23.3 Å². The molecule has 194 valence electrons. The van der Waals surface area contributed by atoms with Crippen molar-refractivity contribution in [3.05, 3.63) is 63.1 Å². The summed E-state index contributed by atoms with van der Waals surface area (Å²) >= 11 is 18.2. The van der Waals surface area contributed by atoms with Gasteiger partial charge in [0.2, 0.25) is 5.91 Å². The molecule has 2 saturated carbocycles. The van der Waals surface area contributed by atoms with E-state index in [4.69, 9.17) is 39.5 Å². The van der Waals surface area contributed by atoms with E-state index in [1.54, 1.807) is 24.3 Å². The summed E-state index contributed by atoms with van der Waals surface area (Å²) in [5.74, 6) is -0.325. The van der Waals surface area contributed by atoms with Crippen LogP contribution in [0.15, 0.2) is 47.4 Å². The maximum Gasteiger partial charge on any atom is 0.410 e. The second kappa shape index (κ2) is 9.35. The molecule has 0 spiro atoms. The predicted molar refractivity (Wildman–Crippen MR) is 137 cm³/mol. The van der Waals surface area contributed by atoms with E-state index in [-0.39, 0.29) is 33.8 Å². The number of hydrogen-bond donors (Lipinski definition) is 1. The Hall–Kier alpha value is -2.51. The van der Waals surface area contributed by atoms with Crippen molar-refractivity contribution in [3.8, 4) is 6.07 Å². The Kier molecular flexibility index (Phi) is 6.60. The zero-order valence-corrected chi connectivity index (χ0v) is 22.5. The van der Waals surface area contributed by atoms with Gasteiger partial charge in [-0.1, -0.05) is 46.9 Å². The van der Waals surface area contributed by atoms with Crippen molar-refractivity contribution in [2.75, 3.05) is 6.54 Å². The summed E-state index contributed by atoms with van der Waals surface area (Å²) in [5.41, 5.74) is -1.06. The molecule has 0 unspecified atom stereocenters. The van der Waals surface area contributed by atoms with Crippen LogP contribution in [0.2, 0.25) is 15.1 Å². The normalized spacial score (nSPS) is 23.1. The molecule has 2 aromatic rings. The summed E-state index contributed by atoms with van der Waals surface area (Å²) in [4.78, 5) is 27.7. The number of carbonyl (C=O) groups excluding carboxylic acids is 2. The monoisotopic (exact) mass is 581 g/mol. The SMILES string of the molecule is N#CC1(NC(=O)O[C@H]2C[C@@H](S(=O)(=O)c3ccc(Cl)cc3Cl)CN2C(=O)C2(c3ccc(Cl)cc3)CC2)CC1. The molecule has 0 bridgehead atoms. The van der Waals surface area contributed by atoms with Crippen LogP contribution in [-0.2, 0) is 24.8 Å². The Morgan fingerprint density at radius 1 is 1.03 bits per heavy atom. The minimum absolute atomic E-state index is 0.0305. The van der Waals surface area contributed by atoms with Crippen LogP contribution in [0.1, 0.15) is 37.7 Å². The number of amides is 2. The Bertz CT molecular complexity index is 1420. The van der Waals surface area contributed by atoms with E-state index < -0.39 is 38.4 Å². The number of sulfone groups is 1. The van der Waals surface area contributed by atoms with Gasteiger partial charge in [0.05, 0.1) is 26.7 Å². The van der Waals surface area contributed by atoms with Gasteiger partial charge in [0.1, 0.15) is 5.54 Å². The first-order valence-electron chi connectivity index (χ1n) is 11.7. The van der Waals surface area contributed by atoms with Crippen LogP contribution in [0.4, 0.5) is 4.79 Å². The predicted octanol–water partition coefficient (Wildman–Crippen LogP) is 4.86. The fourth-order valence-electron chi connectivity index (χ4n) is 4.73. The van der Waals surface area contributed by atoms with Crippen molar-refractivity contribution in [1.82, 2.24) is 10.2 Å². The summed E-state index contributed by atoms with van der Waals surface area (Å²) in [6.07, 6.45) is -0.0216. The van der Waals surface area contributed by atoms with Gasteiger partial charge in [-0.05, 0) is 61.6 Å². The summed E-state index contributed by atoms with van der Waals surface area (Å²) in [6, 6.07) is 13.1. The summed E-state index contributed by atoms with van der Waals surface area (Å²) in [7, 11) is -4.01. The van der Waals surface area contributed by atoms with Crippen molar-refractivity contribution in [2.45, 2.75) is 59.4 Å². The quantitative estimate of drug-likeness (QED) is 0.520. The average molecular weight is 583 g/mol. The van der Waals surface area contributed by atoms with Gasteiger partial charge in [-0.25, -0.2) is 13.2 Å². The second-order valence-electron chi connectivity index (χ2n) is 9.70. The fraction of sp³-hybridized carbons (Fsp3) is 0.400. The molecule has 0 aromatic heterocycles. The zero-order valence-electron chi connectivity index (χ0n) is 19.4. The van der Waals surface area contributed by atoms with Gasteiger partial charge in [-0.15, -0.1) is 0 Å². The lowest BCUT2D eigenvalue weighted by atomic mass is 9.94. The van der Waals surface area contributed by atoms with Gasteiger partial charge in [0.25, 0.3) is 0 Å². The van der Waals surface area contributed by atoms with Crippen LogP contribution >= 0.6 is 34.8 Å². The van der Waals surface area contributed by atoms with Crippen molar-refractivity contribution in [2.24, 2.45) is 0 Å². The third-order valence-electron chi connectivity index (χ3n) is 7.22. The number of nitriles is 1. The third-order valence-corrected chi connectivity index (χ3v) is 10.3. The number of ether oxygens (including phenoxy) is 1. The second-order valence-corrected chi connectivity index (χ2v) is 13.2. The van der Waals surface area contributed by atoms with Gasteiger partial charge >= 0.3 is 6.09 Å². The highest BCUT2D eigenvalue weighted by Crippen LogP contribution is 2.51. The molecule has 2 aliphatic carbocycles.